The van der Waals surface area contributed by atoms with Crippen LogP contribution in [0.1, 0.15) is 19.8 Å². The molecule has 1 aromatic rings. The first-order chi connectivity index (χ1) is 9.56. The molecule has 2 rings (SSSR count). The third-order valence-electron chi connectivity index (χ3n) is 3.55. The lowest BCUT2D eigenvalue weighted by Crippen LogP contribution is -2.45. The van der Waals surface area contributed by atoms with E-state index in [-0.39, 0.29) is 11.7 Å². The second-order valence-corrected chi connectivity index (χ2v) is 5.30. The molecule has 0 aliphatic carbocycles. The number of ketones is 1. The van der Waals surface area contributed by atoms with Crippen LogP contribution in [0.25, 0.3) is 0 Å². The highest BCUT2D eigenvalue weighted by Crippen LogP contribution is 2.31. The Morgan fingerprint density at radius 1 is 1.50 bits per heavy atom. The van der Waals surface area contributed by atoms with Crippen LogP contribution < -0.4 is 4.90 Å². The van der Waals surface area contributed by atoms with Crippen molar-refractivity contribution in [1.29, 1.82) is 5.26 Å². The summed E-state index contributed by atoms with van der Waals surface area (Å²) >= 11 is 6.11. The van der Waals surface area contributed by atoms with Crippen molar-refractivity contribution < 1.29 is 9.59 Å². The molecule has 0 spiro atoms. The van der Waals surface area contributed by atoms with Crippen LogP contribution in [0, 0.1) is 23.2 Å². The molecule has 1 aromatic carbocycles. The maximum absolute atomic E-state index is 12.5. The van der Waals surface area contributed by atoms with Gasteiger partial charge in [0.15, 0.2) is 5.78 Å². The number of carbonyl (C=O) groups is 2. The van der Waals surface area contributed by atoms with Crippen molar-refractivity contribution in [1.82, 2.24) is 0 Å². The summed E-state index contributed by atoms with van der Waals surface area (Å²) in [4.78, 5) is 26.1. The Balaban J connectivity index is 2.26. The number of halogens is 1. The molecule has 2 atom stereocenters. The van der Waals surface area contributed by atoms with Gasteiger partial charge in [0.1, 0.15) is 5.92 Å². The molecule has 1 heterocycles. The molecule has 0 radical (unpaired) electrons. The van der Waals surface area contributed by atoms with Crippen LogP contribution in [-0.4, -0.2) is 18.2 Å². The van der Waals surface area contributed by atoms with Crippen molar-refractivity contribution in [2.24, 2.45) is 11.8 Å². The predicted octanol–water partition coefficient (Wildman–Crippen LogP) is 2.81. The van der Waals surface area contributed by atoms with E-state index in [1.165, 1.54) is 6.92 Å². The van der Waals surface area contributed by atoms with Gasteiger partial charge in [-0.3, -0.25) is 9.59 Å². The molecule has 0 saturated carbocycles. The highest BCUT2D eigenvalue weighted by molar-refractivity contribution is 6.34. The van der Waals surface area contributed by atoms with Gasteiger partial charge in [-0.1, -0.05) is 23.7 Å². The number of anilines is 1. The highest BCUT2D eigenvalue weighted by atomic mass is 35.5. The maximum Gasteiger partial charge on any atom is 0.237 e. The Kier molecular flexibility index (Phi) is 4.41. The van der Waals surface area contributed by atoms with Crippen molar-refractivity contribution in [3.05, 3.63) is 29.3 Å². The van der Waals surface area contributed by atoms with E-state index in [9.17, 15) is 9.59 Å². The molecule has 4 nitrogen and oxygen atoms in total. The van der Waals surface area contributed by atoms with Gasteiger partial charge in [0.25, 0.3) is 0 Å². The standard InChI is InChI=1S/C15H15ClN2O2/c1-10(9-17)14(19)11-5-4-8-18(15(11)20)13-7-3-2-6-12(13)16/h2-3,6-7,10-11H,4-5,8H2,1H3/t10-,11+/m0/s1. The smallest absolute Gasteiger partial charge is 0.237 e. The lowest BCUT2D eigenvalue weighted by Gasteiger charge is -2.32. The zero-order valence-corrected chi connectivity index (χ0v) is 11.9. The average molecular weight is 291 g/mol. The van der Waals surface area contributed by atoms with E-state index in [4.69, 9.17) is 16.9 Å². The van der Waals surface area contributed by atoms with E-state index in [0.29, 0.717) is 23.7 Å². The van der Waals surface area contributed by atoms with Gasteiger partial charge in [0, 0.05) is 6.54 Å². The Morgan fingerprint density at radius 3 is 2.85 bits per heavy atom. The first kappa shape index (κ1) is 14.5. The minimum absolute atomic E-state index is 0.253. The van der Waals surface area contributed by atoms with Gasteiger partial charge >= 0.3 is 0 Å². The summed E-state index contributed by atoms with van der Waals surface area (Å²) in [5, 5.41) is 9.32. The summed E-state index contributed by atoms with van der Waals surface area (Å²) < 4.78 is 0. The minimum Gasteiger partial charge on any atom is -0.310 e. The van der Waals surface area contributed by atoms with E-state index in [1.54, 1.807) is 29.2 Å². The average Bonchev–Trinajstić information content (AvgIpc) is 2.47. The summed E-state index contributed by atoms with van der Waals surface area (Å²) in [5.41, 5.74) is 0.626. The quantitative estimate of drug-likeness (QED) is 0.804. The first-order valence-electron chi connectivity index (χ1n) is 6.55. The number of benzene rings is 1. The Morgan fingerprint density at radius 2 is 2.20 bits per heavy atom. The first-order valence-corrected chi connectivity index (χ1v) is 6.93. The molecule has 0 N–H and O–H groups in total. The fourth-order valence-corrected chi connectivity index (χ4v) is 2.65. The summed E-state index contributed by atoms with van der Waals surface area (Å²) in [6, 6.07) is 8.98. The molecule has 20 heavy (non-hydrogen) atoms. The zero-order valence-electron chi connectivity index (χ0n) is 11.2. The molecule has 1 amide bonds. The maximum atomic E-state index is 12.5. The van der Waals surface area contributed by atoms with Gasteiger partial charge in [-0.15, -0.1) is 0 Å². The lowest BCUT2D eigenvalue weighted by atomic mass is 9.87. The Bertz CT molecular complexity index is 579. The van der Waals surface area contributed by atoms with Crippen LogP contribution in [0.2, 0.25) is 5.02 Å². The normalized spacial score (nSPS) is 20.4. The monoisotopic (exact) mass is 290 g/mol. The number of hydrogen-bond donors (Lipinski definition) is 0. The van der Waals surface area contributed by atoms with Crippen LogP contribution in [0.15, 0.2) is 24.3 Å². The molecule has 1 fully saturated rings. The molecule has 5 heteroatoms. The SMILES string of the molecule is C[C@@H](C#N)C(=O)[C@H]1CCCN(c2ccccc2Cl)C1=O. The van der Waals surface area contributed by atoms with Crippen LogP contribution in [-0.2, 0) is 9.59 Å². The van der Waals surface area contributed by atoms with E-state index < -0.39 is 11.8 Å². The van der Waals surface area contributed by atoms with Crippen LogP contribution >= 0.6 is 11.6 Å². The molecule has 0 aromatic heterocycles. The number of rotatable bonds is 3. The van der Waals surface area contributed by atoms with Crippen LogP contribution in [0.3, 0.4) is 0 Å². The number of nitriles is 1. The number of amides is 1. The number of Topliss-reactive ketones (excluding diaryl/α,β-unsaturated/α-hetero) is 1. The van der Waals surface area contributed by atoms with Crippen molar-refractivity contribution in [2.75, 3.05) is 11.4 Å². The van der Waals surface area contributed by atoms with E-state index in [0.717, 1.165) is 6.42 Å². The van der Waals surface area contributed by atoms with Crippen molar-refractivity contribution in [3.63, 3.8) is 0 Å². The Hall–Kier alpha value is -1.86. The summed E-state index contributed by atoms with van der Waals surface area (Å²) in [6.45, 7) is 2.08. The van der Waals surface area contributed by atoms with Gasteiger partial charge in [0.2, 0.25) is 5.91 Å². The molecule has 1 aliphatic rings. The van der Waals surface area contributed by atoms with E-state index in [1.807, 2.05) is 6.07 Å². The van der Waals surface area contributed by atoms with Crippen molar-refractivity contribution in [3.8, 4) is 6.07 Å². The fourth-order valence-electron chi connectivity index (χ4n) is 2.41. The number of nitrogens with zero attached hydrogens (tertiary/aromatic N) is 2. The zero-order chi connectivity index (χ0) is 14.7. The van der Waals surface area contributed by atoms with E-state index >= 15 is 0 Å². The lowest BCUT2D eigenvalue weighted by molar-refractivity contribution is -0.135. The molecule has 1 saturated heterocycles. The topological polar surface area (TPSA) is 61.2 Å². The molecule has 1 aliphatic heterocycles. The summed E-state index contributed by atoms with van der Waals surface area (Å²) in [6.07, 6.45) is 1.23. The summed E-state index contributed by atoms with van der Waals surface area (Å²) in [5.74, 6) is -2.03. The number of piperidine rings is 1. The summed E-state index contributed by atoms with van der Waals surface area (Å²) in [7, 11) is 0. The van der Waals surface area contributed by atoms with Crippen LogP contribution in [0.4, 0.5) is 5.69 Å². The molecule has 0 bridgehead atoms. The second-order valence-electron chi connectivity index (χ2n) is 4.89. The number of para-hydroxylation sites is 1. The van der Waals surface area contributed by atoms with Gasteiger partial charge in [-0.05, 0) is 31.9 Å². The third-order valence-corrected chi connectivity index (χ3v) is 3.87. The minimum atomic E-state index is -0.754. The third kappa shape index (κ3) is 2.68. The largest absolute Gasteiger partial charge is 0.310 e. The van der Waals surface area contributed by atoms with Gasteiger partial charge in [0.05, 0.1) is 22.7 Å². The Labute approximate surface area is 122 Å². The second kappa shape index (κ2) is 6.06. The molecular formula is C15H15ClN2O2. The van der Waals surface area contributed by atoms with Crippen LogP contribution in [0.5, 0.6) is 0 Å². The molecule has 104 valence electrons. The fraction of sp³-hybridized carbons (Fsp3) is 0.400. The van der Waals surface area contributed by atoms with E-state index in [2.05, 4.69) is 0 Å². The predicted molar refractivity (Wildman–Crippen MR) is 76.3 cm³/mol. The number of carbonyl (C=O) groups excluding carboxylic acids is 2. The van der Waals surface area contributed by atoms with Gasteiger partial charge in [-0.2, -0.15) is 5.26 Å². The van der Waals surface area contributed by atoms with Crippen molar-refractivity contribution >= 4 is 29.0 Å². The number of hydrogen-bond acceptors (Lipinski definition) is 3. The van der Waals surface area contributed by atoms with Crippen molar-refractivity contribution in [2.45, 2.75) is 19.8 Å². The molecular weight excluding hydrogens is 276 g/mol. The van der Waals surface area contributed by atoms with Gasteiger partial charge < -0.3 is 4.90 Å². The highest BCUT2D eigenvalue weighted by Gasteiger charge is 2.37. The molecule has 0 unspecified atom stereocenters. The van der Waals surface area contributed by atoms with Gasteiger partial charge in [-0.25, -0.2) is 0 Å².